The van der Waals surface area contributed by atoms with Gasteiger partial charge in [-0.15, -0.1) is 0 Å². The molecule has 0 atom stereocenters. The van der Waals surface area contributed by atoms with Crippen LogP contribution in [0, 0.1) is 0 Å². The fraction of sp³-hybridized carbons (Fsp3) is 0.375. The Kier molecular flexibility index (Phi) is 9.68. The highest BCUT2D eigenvalue weighted by molar-refractivity contribution is 6.05. The highest BCUT2D eigenvalue weighted by atomic mass is 16.5. The molecule has 0 heterocycles. The molecule has 0 bridgehead atoms. The number of amides is 3. The van der Waals surface area contributed by atoms with E-state index in [-0.39, 0.29) is 30.8 Å². The van der Waals surface area contributed by atoms with Crippen LogP contribution in [-0.4, -0.2) is 75.0 Å². The Morgan fingerprint density at radius 1 is 0.848 bits per heavy atom. The predicted molar refractivity (Wildman–Crippen MR) is 128 cm³/mol. The van der Waals surface area contributed by atoms with Crippen molar-refractivity contribution in [2.75, 3.05) is 58.1 Å². The second-order valence-electron chi connectivity index (χ2n) is 7.36. The van der Waals surface area contributed by atoms with Gasteiger partial charge in [0.05, 0.1) is 38.7 Å². The first-order chi connectivity index (χ1) is 15.8. The van der Waals surface area contributed by atoms with E-state index in [0.29, 0.717) is 41.5 Å². The normalized spacial score (nSPS) is 10.5. The number of benzene rings is 2. The molecule has 2 aromatic rings. The number of nitrogens with one attached hydrogen (secondary N) is 2. The van der Waals surface area contributed by atoms with Crippen LogP contribution in [0.15, 0.2) is 42.5 Å². The number of anilines is 2. The van der Waals surface area contributed by atoms with Crippen molar-refractivity contribution in [3.05, 3.63) is 48.0 Å². The Bertz CT molecular complexity index is 961. The van der Waals surface area contributed by atoms with Crippen LogP contribution in [0.2, 0.25) is 0 Å². The topological polar surface area (TPSA) is 100 Å². The molecule has 0 aromatic heterocycles. The molecular weight excluding hydrogens is 424 g/mol. The molecule has 2 rings (SSSR count). The van der Waals surface area contributed by atoms with Crippen LogP contribution in [0.1, 0.15) is 24.2 Å². The van der Waals surface area contributed by atoms with Crippen molar-refractivity contribution < 1.29 is 23.9 Å². The van der Waals surface area contributed by atoms with Gasteiger partial charge in [0.2, 0.25) is 11.8 Å². The zero-order valence-electron chi connectivity index (χ0n) is 19.8. The first-order valence-corrected chi connectivity index (χ1v) is 10.7. The second-order valence-corrected chi connectivity index (χ2v) is 7.36. The third-order valence-electron chi connectivity index (χ3n) is 5.01. The van der Waals surface area contributed by atoms with Gasteiger partial charge in [0.1, 0.15) is 11.5 Å². The Morgan fingerprint density at radius 2 is 1.39 bits per heavy atom. The van der Waals surface area contributed by atoms with Crippen molar-refractivity contribution in [2.45, 2.75) is 13.8 Å². The van der Waals surface area contributed by atoms with Gasteiger partial charge >= 0.3 is 0 Å². The molecule has 2 aromatic carbocycles. The number of carbonyl (C=O) groups is 3. The molecule has 0 radical (unpaired) electrons. The number of likely N-dealkylation sites (N-methyl/N-ethyl adjacent to an activating group) is 2. The van der Waals surface area contributed by atoms with E-state index in [0.717, 1.165) is 0 Å². The molecule has 178 valence electrons. The van der Waals surface area contributed by atoms with Gasteiger partial charge in [-0.3, -0.25) is 19.3 Å². The van der Waals surface area contributed by atoms with Gasteiger partial charge in [0.25, 0.3) is 5.91 Å². The Labute approximate surface area is 194 Å². The number of nitrogens with zero attached hydrogens (tertiary/aromatic N) is 2. The van der Waals surface area contributed by atoms with Crippen molar-refractivity contribution in [1.29, 1.82) is 0 Å². The highest BCUT2D eigenvalue weighted by Crippen LogP contribution is 2.36. The van der Waals surface area contributed by atoms with Crippen LogP contribution in [0.5, 0.6) is 11.5 Å². The Hall–Kier alpha value is -3.59. The van der Waals surface area contributed by atoms with Gasteiger partial charge in [0.15, 0.2) is 0 Å². The van der Waals surface area contributed by atoms with Gasteiger partial charge in [0, 0.05) is 30.8 Å². The minimum absolute atomic E-state index is 0.0188. The van der Waals surface area contributed by atoms with E-state index in [4.69, 9.17) is 9.47 Å². The lowest BCUT2D eigenvalue weighted by Gasteiger charge is -2.23. The van der Waals surface area contributed by atoms with Crippen molar-refractivity contribution in [3.63, 3.8) is 0 Å². The Morgan fingerprint density at radius 3 is 1.91 bits per heavy atom. The Balaban J connectivity index is 2.11. The molecule has 2 N–H and O–H groups in total. The van der Waals surface area contributed by atoms with Gasteiger partial charge < -0.3 is 25.0 Å². The summed E-state index contributed by atoms with van der Waals surface area (Å²) < 4.78 is 10.8. The average molecular weight is 457 g/mol. The molecule has 0 aliphatic rings. The van der Waals surface area contributed by atoms with Crippen molar-refractivity contribution >= 4 is 29.1 Å². The van der Waals surface area contributed by atoms with Crippen LogP contribution < -0.4 is 20.1 Å². The number of methoxy groups -OCH3 is 2. The largest absolute Gasteiger partial charge is 0.494 e. The zero-order valence-corrected chi connectivity index (χ0v) is 19.8. The molecule has 0 unspecified atom stereocenters. The molecule has 3 amide bonds. The first-order valence-electron chi connectivity index (χ1n) is 10.7. The van der Waals surface area contributed by atoms with Gasteiger partial charge in [-0.25, -0.2) is 0 Å². The number of carbonyl (C=O) groups excluding carboxylic acids is 3. The third kappa shape index (κ3) is 7.21. The number of hydrogen-bond acceptors (Lipinski definition) is 6. The van der Waals surface area contributed by atoms with E-state index in [1.54, 1.807) is 53.2 Å². The van der Waals surface area contributed by atoms with Crippen LogP contribution >= 0.6 is 0 Å². The quantitative estimate of drug-likeness (QED) is 0.539. The van der Waals surface area contributed by atoms with Crippen molar-refractivity contribution in [1.82, 2.24) is 9.80 Å². The van der Waals surface area contributed by atoms with Crippen LogP contribution in [0.4, 0.5) is 11.4 Å². The maximum Gasteiger partial charge on any atom is 0.255 e. The lowest BCUT2D eigenvalue weighted by atomic mass is 10.2. The minimum atomic E-state index is -0.314. The van der Waals surface area contributed by atoms with Crippen LogP contribution in [0.3, 0.4) is 0 Å². The molecule has 0 saturated carbocycles. The highest BCUT2D eigenvalue weighted by Gasteiger charge is 2.18. The molecule has 9 nitrogen and oxygen atoms in total. The summed E-state index contributed by atoms with van der Waals surface area (Å²) in [5.74, 6) is 0.0707. The van der Waals surface area contributed by atoms with E-state index >= 15 is 0 Å². The molecular formula is C24H32N4O5. The maximum absolute atomic E-state index is 12.6. The smallest absolute Gasteiger partial charge is 0.255 e. The van der Waals surface area contributed by atoms with E-state index in [1.165, 1.54) is 14.2 Å². The SMILES string of the molecule is CCN(CC)C(=O)CN(C)CC(=O)Nc1cc(OC)c(NC(=O)c2ccccc2)cc1OC. The van der Waals surface area contributed by atoms with E-state index < -0.39 is 0 Å². The third-order valence-corrected chi connectivity index (χ3v) is 5.01. The second kappa shape index (κ2) is 12.4. The summed E-state index contributed by atoms with van der Waals surface area (Å²) in [5.41, 5.74) is 1.29. The summed E-state index contributed by atoms with van der Waals surface area (Å²) >= 11 is 0. The standard InChI is InChI=1S/C24H32N4O5/c1-6-28(7-2)23(30)16-27(3)15-22(29)25-18-13-21(33-5)19(14-20(18)32-4)26-24(31)17-11-9-8-10-12-17/h8-14H,6-7,15-16H2,1-5H3,(H,25,29)(H,26,31). The molecule has 0 aliphatic heterocycles. The number of hydrogen-bond donors (Lipinski definition) is 2. The van der Waals surface area contributed by atoms with Crippen LogP contribution in [0.25, 0.3) is 0 Å². The average Bonchev–Trinajstić information content (AvgIpc) is 2.80. The maximum atomic E-state index is 12.6. The molecule has 0 aliphatic carbocycles. The van der Waals surface area contributed by atoms with Gasteiger partial charge in [-0.2, -0.15) is 0 Å². The van der Waals surface area contributed by atoms with Crippen molar-refractivity contribution in [2.24, 2.45) is 0 Å². The summed E-state index contributed by atoms with van der Waals surface area (Å²) in [4.78, 5) is 40.7. The van der Waals surface area contributed by atoms with E-state index in [2.05, 4.69) is 10.6 Å². The summed E-state index contributed by atoms with van der Waals surface area (Å²) in [6.07, 6.45) is 0. The van der Waals surface area contributed by atoms with E-state index in [1.807, 2.05) is 19.9 Å². The molecule has 0 saturated heterocycles. The molecule has 9 heteroatoms. The molecule has 0 spiro atoms. The number of ether oxygens (including phenoxy) is 2. The fourth-order valence-corrected chi connectivity index (χ4v) is 3.28. The summed E-state index contributed by atoms with van der Waals surface area (Å²) in [5, 5.41) is 5.59. The fourth-order valence-electron chi connectivity index (χ4n) is 3.28. The summed E-state index contributed by atoms with van der Waals surface area (Å²) in [6.45, 7) is 5.24. The van der Waals surface area contributed by atoms with Gasteiger partial charge in [-0.1, -0.05) is 18.2 Å². The van der Waals surface area contributed by atoms with Crippen LogP contribution in [-0.2, 0) is 9.59 Å². The predicted octanol–water partition coefficient (Wildman–Crippen LogP) is 2.69. The first kappa shape index (κ1) is 25.7. The lowest BCUT2D eigenvalue weighted by molar-refractivity contribution is -0.132. The van der Waals surface area contributed by atoms with Crippen molar-refractivity contribution in [3.8, 4) is 11.5 Å². The zero-order chi connectivity index (χ0) is 24.4. The number of rotatable bonds is 11. The summed E-state index contributed by atoms with van der Waals surface area (Å²) in [7, 11) is 4.65. The minimum Gasteiger partial charge on any atom is -0.494 e. The summed E-state index contributed by atoms with van der Waals surface area (Å²) in [6, 6.07) is 12.0. The van der Waals surface area contributed by atoms with Gasteiger partial charge in [-0.05, 0) is 33.0 Å². The molecule has 0 fully saturated rings. The van der Waals surface area contributed by atoms with E-state index in [9.17, 15) is 14.4 Å². The monoisotopic (exact) mass is 456 g/mol. The lowest BCUT2D eigenvalue weighted by Crippen LogP contribution is -2.41. The molecule has 33 heavy (non-hydrogen) atoms.